The highest BCUT2D eigenvalue weighted by molar-refractivity contribution is 8.18. The molecule has 0 spiro atoms. The van der Waals surface area contributed by atoms with Crippen LogP contribution in [0.3, 0.4) is 0 Å². The average molecular weight is 388 g/mol. The Morgan fingerprint density at radius 3 is 2.61 bits per heavy atom. The Morgan fingerprint density at radius 2 is 1.82 bits per heavy atom. The Hall–Kier alpha value is -3.45. The van der Waals surface area contributed by atoms with Crippen molar-refractivity contribution in [2.45, 2.75) is 0 Å². The number of carbonyl (C=O) groups excluding carboxylic acids is 1. The van der Waals surface area contributed by atoms with Gasteiger partial charge in [0, 0.05) is 18.7 Å². The zero-order valence-electron chi connectivity index (χ0n) is 15.0. The summed E-state index contributed by atoms with van der Waals surface area (Å²) in [6, 6.07) is 20.4. The first-order chi connectivity index (χ1) is 13.6. The topological polar surface area (TPSA) is 82.0 Å². The molecule has 0 saturated carbocycles. The van der Waals surface area contributed by atoms with Crippen LogP contribution in [0.5, 0.6) is 0 Å². The highest BCUT2D eigenvalue weighted by atomic mass is 32.2. The number of amidine groups is 1. The minimum Gasteiger partial charge on any atom is -0.457 e. The number of nitrogens with one attached hydrogen (secondary N) is 1. The molecule has 0 unspecified atom stereocenters. The smallest absolute Gasteiger partial charge is 0.266 e. The number of amides is 1. The molecule has 6 nitrogen and oxygen atoms in total. The highest BCUT2D eigenvalue weighted by Crippen LogP contribution is 2.34. The average Bonchev–Trinajstić information content (AvgIpc) is 3.30. The van der Waals surface area contributed by atoms with Crippen LogP contribution in [0, 0.1) is 5.53 Å². The van der Waals surface area contributed by atoms with Crippen molar-refractivity contribution in [1.82, 2.24) is 4.90 Å². The van der Waals surface area contributed by atoms with Gasteiger partial charge in [-0.15, -0.1) is 0 Å². The fraction of sp³-hybridized carbons (Fsp3) is 0.0476. The lowest BCUT2D eigenvalue weighted by Gasteiger charge is -2.06. The molecule has 7 heteroatoms. The quantitative estimate of drug-likeness (QED) is 0.450. The van der Waals surface area contributed by atoms with Crippen LogP contribution in [-0.2, 0) is 4.79 Å². The van der Waals surface area contributed by atoms with Crippen LogP contribution >= 0.6 is 11.8 Å². The van der Waals surface area contributed by atoms with Gasteiger partial charge in [-0.3, -0.25) is 9.69 Å². The van der Waals surface area contributed by atoms with E-state index in [4.69, 9.17) is 9.95 Å². The Morgan fingerprint density at radius 1 is 1.04 bits per heavy atom. The largest absolute Gasteiger partial charge is 0.457 e. The second-order valence-electron chi connectivity index (χ2n) is 6.07. The van der Waals surface area contributed by atoms with Crippen LogP contribution in [-0.4, -0.2) is 23.0 Å². The van der Waals surface area contributed by atoms with Crippen molar-refractivity contribution in [3.63, 3.8) is 0 Å². The van der Waals surface area contributed by atoms with Gasteiger partial charge >= 0.3 is 0 Å². The molecule has 138 valence electrons. The number of likely N-dealkylation sites (N-methyl/N-ethyl adjacent to an activating group) is 1. The molecule has 3 aromatic rings. The third-order valence-corrected chi connectivity index (χ3v) is 5.20. The summed E-state index contributed by atoms with van der Waals surface area (Å²) in [5.41, 5.74) is 9.30. The molecular formula is C21H16N4O2S. The predicted molar refractivity (Wildman–Crippen MR) is 111 cm³/mol. The van der Waals surface area contributed by atoms with Gasteiger partial charge in [0.2, 0.25) is 0 Å². The summed E-state index contributed by atoms with van der Waals surface area (Å²) in [6.45, 7) is 0. The normalized spacial score (nSPS) is 16.9. The molecule has 0 aliphatic carbocycles. The molecule has 1 fully saturated rings. The molecule has 1 N–H and O–H groups in total. The molecule has 2 aromatic carbocycles. The van der Waals surface area contributed by atoms with Crippen LogP contribution < -0.4 is 0 Å². The first kappa shape index (κ1) is 17.9. The van der Waals surface area contributed by atoms with Crippen molar-refractivity contribution in [3.05, 3.63) is 77.4 Å². The lowest BCUT2D eigenvalue weighted by atomic mass is 10.1. The molecule has 0 radical (unpaired) electrons. The first-order valence-electron chi connectivity index (χ1n) is 8.53. The number of hydrogen-bond acceptors (Lipinski definition) is 6. The lowest BCUT2D eigenvalue weighted by Crippen LogP contribution is -2.23. The molecule has 28 heavy (non-hydrogen) atoms. The van der Waals surface area contributed by atoms with Gasteiger partial charge in [0.15, 0.2) is 5.17 Å². The Balaban J connectivity index is 1.59. The van der Waals surface area contributed by atoms with Crippen LogP contribution in [0.1, 0.15) is 5.76 Å². The second kappa shape index (κ2) is 7.66. The maximum Gasteiger partial charge on any atom is 0.266 e. The fourth-order valence-corrected chi connectivity index (χ4v) is 3.68. The minimum atomic E-state index is -0.118. The monoisotopic (exact) mass is 388 g/mol. The van der Waals surface area contributed by atoms with E-state index in [1.165, 1.54) is 16.7 Å². The van der Waals surface area contributed by atoms with E-state index in [0.29, 0.717) is 27.3 Å². The molecule has 1 saturated heterocycles. The minimum absolute atomic E-state index is 0.118. The molecule has 0 atom stereocenters. The summed E-state index contributed by atoms with van der Waals surface area (Å²) >= 11 is 1.32. The van der Waals surface area contributed by atoms with E-state index >= 15 is 0 Å². The molecule has 0 bridgehead atoms. The Bertz CT molecular complexity index is 1100. The standard InChI is InChI=1S/C21H16N4O2S/c1-25-20(26)19(28-21(25)23-15-7-3-2-4-8-15)13-17-10-11-18(27-17)14-6-5-9-16(12-14)24-22/h2-13,22H,1H3. The van der Waals surface area contributed by atoms with Gasteiger partial charge in [0.05, 0.1) is 16.3 Å². The number of thioether (sulfide) groups is 1. The number of hydrogen-bond donors (Lipinski definition) is 1. The summed E-state index contributed by atoms with van der Waals surface area (Å²) < 4.78 is 5.86. The first-order valence-corrected chi connectivity index (χ1v) is 9.35. The fourth-order valence-electron chi connectivity index (χ4n) is 2.71. The van der Waals surface area contributed by atoms with E-state index in [0.717, 1.165) is 11.3 Å². The van der Waals surface area contributed by atoms with E-state index < -0.39 is 0 Å². The number of nitrogens with zero attached hydrogens (tertiary/aromatic N) is 3. The number of carbonyl (C=O) groups is 1. The Labute approximate surface area is 166 Å². The molecule has 2 heterocycles. The van der Waals surface area contributed by atoms with Crippen molar-refractivity contribution >= 4 is 40.3 Å². The van der Waals surface area contributed by atoms with Gasteiger partial charge in [-0.25, -0.2) is 10.5 Å². The number of benzene rings is 2. The predicted octanol–water partition coefficient (Wildman–Crippen LogP) is 5.84. The van der Waals surface area contributed by atoms with Crippen molar-refractivity contribution in [2.75, 3.05) is 7.05 Å². The lowest BCUT2D eigenvalue weighted by molar-refractivity contribution is -0.121. The second-order valence-corrected chi connectivity index (χ2v) is 7.08. The maximum absolute atomic E-state index is 12.6. The van der Waals surface area contributed by atoms with Crippen LogP contribution in [0.15, 0.2) is 86.2 Å². The summed E-state index contributed by atoms with van der Waals surface area (Å²) in [7, 11) is 1.71. The van der Waals surface area contributed by atoms with E-state index in [2.05, 4.69) is 10.1 Å². The van der Waals surface area contributed by atoms with Crippen molar-refractivity contribution in [3.8, 4) is 11.3 Å². The molecule has 1 amide bonds. The maximum atomic E-state index is 12.6. The van der Waals surface area contributed by atoms with Crippen LogP contribution in [0.4, 0.5) is 11.4 Å². The summed E-state index contributed by atoms with van der Waals surface area (Å²) in [6.07, 6.45) is 1.72. The van der Waals surface area contributed by atoms with Gasteiger partial charge in [0.1, 0.15) is 11.5 Å². The Kier molecular flexibility index (Phi) is 4.90. The van der Waals surface area contributed by atoms with Gasteiger partial charge < -0.3 is 4.42 Å². The van der Waals surface area contributed by atoms with E-state index in [1.54, 1.807) is 25.3 Å². The molecule has 1 aliphatic heterocycles. The third kappa shape index (κ3) is 3.65. The third-order valence-electron chi connectivity index (χ3n) is 4.14. The van der Waals surface area contributed by atoms with E-state index in [1.807, 2.05) is 54.6 Å². The van der Waals surface area contributed by atoms with Gasteiger partial charge in [0.25, 0.3) is 5.91 Å². The molecular weight excluding hydrogens is 372 g/mol. The van der Waals surface area contributed by atoms with Crippen molar-refractivity contribution in [2.24, 2.45) is 10.1 Å². The zero-order chi connectivity index (χ0) is 19.5. The van der Waals surface area contributed by atoms with Gasteiger partial charge in [-0.2, -0.15) is 5.11 Å². The summed E-state index contributed by atoms with van der Waals surface area (Å²) in [4.78, 5) is 19.2. The van der Waals surface area contributed by atoms with Gasteiger partial charge in [-0.05, 0) is 48.2 Å². The number of rotatable bonds is 4. The summed E-state index contributed by atoms with van der Waals surface area (Å²) in [5.74, 6) is 1.11. The molecule has 1 aliphatic rings. The summed E-state index contributed by atoms with van der Waals surface area (Å²) in [5, 5.41) is 4.06. The highest BCUT2D eigenvalue weighted by Gasteiger charge is 2.30. The van der Waals surface area contributed by atoms with E-state index in [-0.39, 0.29) is 5.91 Å². The molecule has 4 rings (SSSR count). The van der Waals surface area contributed by atoms with Crippen LogP contribution in [0.2, 0.25) is 0 Å². The number of para-hydroxylation sites is 1. The van der Waals surface area contributed by atoms with Crippen LogP contribution in [0.25, 0.3) is 17.4 Å². The number of aliphatic imine (C=N–C) groups is 1. The molecule has 1 aromatic heterocycles. The zero-order valence-corrected chi connectivity index (χ0v) is 15.8. The SMILES string of the molecule is CN1C(=O)C(=Cc2ccc(-c3cccc(N=N)c3)o2)SC1=Nc1ccccc1. The van der Waals surface area contributed by atoms with Gasteiger partial charge in [-0.1, -0.05) is 30.3 Å². The van der Waals surface area contributed by atoms with Crippen molar-refractivity contribution < 1.29 is 9.21 Å². The number of furan rings is 1. The van der Waals surface area contributed by atoms with Crippen molar-refractivity contribution in [1.29, 1.82) is 5.53 Å². The van der Waals surface area contributed by atoms with E-state index in [9.17, 15) is 4.79 Å².